The minimum atomic E-state index is -0.214. The zero-order chi connectivity index (χ0) is 23.0. The Morgan fingerprint density at radius 2 is 1.30 bits per heavy atom. The molecule has 8 nitrogen and oxygen atoms in total. The second kappa shape index (κ2) is 11.2. The predicted octanol–water partition coefficient (Wildman–Crippen LogP) is 2.46. The number of amides is 2. The molecule has 0 unspecified atom stereocenters. The van der Waals surface area contributed by atoms with Crippen LogP contribution in [-0.4, -0.2) is 82.4 Å². The Morgan fingerprint density at radius 3 is 1.79 bits per heavy atom. The van der Waals surface area contributed by atoms with Crippen LogP contribution in [0.3, 0.4) is 0 Å². The van der Waals surface area contributed by atoms with Crippen molar-refractivity contribution in [1.82, 2.24) is 4.90 Å². The molecule has 2 fully saturated rings. The SMILES string of the molecule is CCN(CC(=O)Nc1ccc(N2CCOCC2)cc1)C(=O)c1ccc(N2CCOCC2)cc1. The first-order chi connectivity index (χ1) is 16.1. The van der Waals surface area contributed by atoms with E-state index in [1.807, 2.05) is 55.5 Å². The monoisotopic (exact) mass is 452 g/mol. The molecule has 0 aliphatic carbocycles. The zero-order valence-electron chi connectivity index (χ0n) is 19.2. The molecule has 2 aromatic rings. The Morgan fingerprint density at radius 1 is 0.818 bits per heavy atom. The summed E-state index contributed by atoms with van der Waals surface area (Å²) in [6, 6.07) is 15.4. The summed E-state index contributed by atoms with van der Waals surface area (Å²) in [7, 11) is 0. The van der Waals surface area contributed by atoms with Crippen molar-refractivity contribution < 1.29 is 19.1 Å². The van der Waals surface area contributed by atoms with E-state index in [1.165, 1.54) is 0 Å². The first-order valence-corrected chi connectivity index (χ1v) is 11.6. The third-order valence-electron chi connectivity index (χ3n) is 6.02. The Hall–Kier alpha value is -3.10. The number of carbonyl (C=O) groups excluding carboxylic acids is 2. The lowest BCUT2D eigenvalue weighted by atomic mass is 10.1. The average Bonchev–Trinajstić information content (AvgIpc) is 2.88. The van der Waals surface area contributed by atoms with E-state index in [1.54, 1.807) is 4.90 Å². The van der Waals surface area contributed by atoms with Crippen molar-refractivity contribution in [3.63, 3.8) is 0 Å². The molecule has 4 rings (SSSR count). The fraction of sp³-hybridized carbons (Fsp3) is 0.440. The van der Waals surface area contributed by atoms with Gasteiger partial charge in [-0.1, -0.05) is 0 Å². The number of hydrogen-bond donors (Lipinski definition) is 1. The minimum Gasteiger partial charge on any atom is -0.378 e. The quantitative estimate of drug-likeness (QED) is 0.696. The van der Waals surface area contributed by atoms with Crippen molar-refractivity contribution >= 4 is 28.9 Å². The summed E-state index contributed by atoms with van der Waals surface area (Å²) in [6.07, 6.45) is 0. The summed E-state index contributed by atoms with van der Waals surface area (Å²) >= 11 is 0. The van der Waals surface area contributed by atoms with E-state index in [0.29, 0.717) is 12.1 Å². The second-order valence-corrected chi connectivity index (χ2v) is 8.16. The van der Waals surface area contributed by atoms with Crippen LogP contribution >= 0.6 is 0 Å². The first-order valence-electron chi connectivity index (χ1n) is 11.6. The van der Waals surface area contributed by atoms with E-state index in [-0.39, 0.29) is 18.4 Å². The molecule has 2 aliphatic rings. The van der Waals surface area contributed by atoms with Crippen LogP contribution in [0.25, 0.3) is 0 Å². The summed E-state index contributed by atoms with van der Waals surface area (Å²) in [5.74, 6) is -0.363. The highest BCUT2D eigenvalue weighted by molar-refractivity contribution is 5.99. The molecule has 0 radical (unpaired) electrons. The highest BCUT2D eigenvalue weighted by atomic mass is 16.5. The van der Waals surface area contributed by atoms with Crippen molar-refractivity contribution in [2.24, 2.45) is 0 Å². The zero-order valence-corrected chi connectivity index (χ0v) is 19.2. The number of nitrogens with one attached hydrogen (secondary N) is 1. The normalized spacial score (nSPS) is 16.4. The molecule has 33 heavy (non-hydrogen) atoms. The van der Waals surface area contributed by atoms with Gasteiger partial charge in [-0.2, -0.15) is 0 Å². The van der Waals surface area contributed by atoms with Gasteiger partial charge < -0.3 is 29.5 Å². The van der Waals surface area contributed by atoms with Gasteiger partial charge in [-0.15, -0.1) is 0 Å². The third kappa shape index (κ3) is 6.03. The Labute approximate surface area is 195 Å². The van der Waals surface area contributed by atoms with E-state index in [9.17, 15) is 9.59 Å². The van der Waals surface area contributed by atoms with Gasteiger partial charge in [0.2, 0.25) is 5.91 Å². The number of hydrogen-bond acceptors (Lipinski definition) is 6. The molecule has 0 atom stereocenters. The first kappa shape index (κ1) is 23.1. The number of morpholine rings is 2. The molecular formula is C25H32N4O4. The molecule has 0 aromatic heterocycles. The lowest BCUT2D eigenvalue weighted by Crippen LogP contribution is -2.38. The summed E-state index contributed by atoms with van der Waals surface area (Å²) in [4.78, 5) is 31.6. The van der Waals surface area contributed by atoms with Gasteiger partial charge in [-0.3, -0.25) is 9.59 Å². The number of nitrogens with zero attached hydrogens (tertiary/aromatic N) is 3. The van der Waals surface area contributed by atoms with Crippen LogP contribution in [0.5, 0.6) is 0 Å². The molecule has 0 bridgehead atoms. The smallest absolute Gasteiger partial charge is 0.254 e. The number of benzene rings is 2. The fourth-order valence-electron chi connectivity index (χ4n) is 4.10. The van der Waals surface area contributed by atoms with Gasteiger partial charge in [-0.05, 0) is 55.5 Å². The molecule has 0 saturated carbocycles. The molecule has 2 heterocycles. The minimum absolute atomic E-state index is 0.00572. The molecule has 8 heteroatoms. The van der Waals surface area contributed by atoms with Crippen LogP contribution in [0, 0.1) is 0 Å². The Bertz CT molecular complexity index is 920. The maximum Gasteiger partial charge on any atom is 0.254 e. The van der Waals surface area contributed by atoms with Crippen molar-refractivity contribution in [2.45, 2.75) is 6.92 Å². The van der Waals surface area contributed by atoms with Crippen LogP contribution < -0.4 is 15.1 Å². The summed E-state index contributed by atoms with van der Waals surface area (Å²) in [5.41, 5.74) is 3.49. The molecule has 2 aliphatic heterocycles. The van der Waals surface area contributed by atoms with Crippen LogP contribution in [0.2, 0.25) is 0 Å². The lowest BCUT2D eigenvalue weighted by Gasteiger charge is -2.29. The second-order valence-electron chi connectivity index (χ2n) is 8.16. The molecule has 2 aromatic carbocycles. The number of anilines is 3. The molecule has 2 saturated heterocycles. The van der Waals surface area contributed by atoms with Gasteiger partial charge in [0.15, 0.2) is 0 Å². The molecule has 0 spiro atoms. The maximum atomic E-state index is 13.0. The van der Waals surface area contributed by atoms with E-state index < -0.39 is 0 Å². The van der Waals surface area contributed by atoms with Crippen molar-refractivity contribution in [2.75, 3.05) is 80.8 Å². The molecule has 176 valence electrons. The summed E-state index contributed by atoms with van der Waals surface area (Å²) in [5, 5.41) is 2.90. The fourth-order valence-corrected chi connectivity index (χ4v) is 4.10. The number of rotatable bonds is 7. The average molecular weight is 453 g/mol. The van der Waals surface area contributed by atoms with E-state index >= 15 is 0 Å². The number of ether oxygens (including phenoxy) is 2. The lowest BCUT2D eigenvalue weighted by molar-refractivity contribution is -0.116. The van der Waals surface area contributed by atoms with Gasteiger partial charge in [0, 0.05) is 55.3 Å². The topological polar surface area (TPSA) is 74.4 Å². The highest BCUT2D eigenvalue weighted by Gasteiger charge is 2.19. The predicted molar refractivity (Wildman–Crippen MR) is 129 cm³/mol. The van der Waals surface area contributed by atoms with Crippen molar-refractivity contribution in [3.05, 3.63) is 54.1 Å². The third-order valence-corrected chi connectivity index (χ3v) is 6.02. The summed E-state index contributed by atoms with van der Waals surface area (Å²) < 4.78 is 10.8. The van der Waals surface area contributed by atoms with Crippen LogP contribution in [-0.2, 0) is 14.3 Å². The van der Waals surface area contributed by atoms with Crippen molar-refractivity contribution in [1.29, 1.82) is 0 Å². The Kier molecular flexibility index (Phi) is 7.80. The largest absolute Gasteiger partial charge is 0.378 e. The number of carbonyl (C=O) groups is 2. The molecule has 2 amide bonds. The van der Waals surface area contributed by atoms with Gasteiger partial charge in [-0.25, -0.2) is 0 Å². The van der Waals surface area contributed by atoms with Crippen molar-refractivity contribution in [3.8, 4) is 0 Å². The number of likely N-dealkylation sites (N-methyl/N-ethyl adjacent to an activating group) is 1. The van der Waals surface area contributed by atoms with Gasteiger partial charge in [0.05, 0.1) is 26.4 Å². The van der Waals surface area contributed by atoms with Crippen LogP contribution in [0.4, 0.5) is 17.1 Å². The molecule has 1 N–H and O–H groups in total. The van der Waals surface area contributed by atoms with Gasteiger partial charge in [0.1, 0.15) is 6.54 Å². The maximum absolute atomic E-state index is 13.0. The highest BCUT2D eigenvalue weighted by Crippen LogP contribution is 2.20. The standard InChI is InChI=1S/C25H32N4O4/c1-2-27(25(31)20-3-7-22(8-4-20)28-11-15-32-16-12-28)19-24(30)26-21-5-9-23(10-6-21)29-13-17-33-18-14-29/h3-10H,2,11-19H2,1H3,(H,26,30). The van der Waals surface area contributed by atoms with Crippen LogP contribution in [0.15, 0.2) is 48.5 Å². The van der Waals surface area contributed by atoms with E-state index in [4.69, 9.17) is 9.47 Å². The molecular weight excluding hydrogens is 420 g/mol. The summed E-state index contributed by atoms with van der Waals surface area (Å²) in [6.45, 7) is 8.67. The van der Waals surface area contributed by atoms with E-state index in [2.05, 4.69) is 15.1 Å². The van der Waals surface area contributed by atoms with Gasteiger partial charge >= 0.3 is 0 Å². The van der Waals surface area contributed by atoms with Gasteiger partial charge in [0.25, 0.3) is 5.91 Å². The van der Waals surface area contributed by atoms with Crippen LogP contribution in [0.1, 0.15) is 17.3 Å². The van der Waals surface area contributed by atoms with E-state index in [0.717, 1.165) is 69.7 Å². The Balaban J connectivity index is 1.32.